The Morgan fingerprint density at radius 3 is 0.939 bits per heavy atom. The van der Waals surface area contributed by atoms with Crippen LogP contribution in [0.1, 0.15) is 182 Å². The maximum absolute atomic E-state index is 6.15. The van der Waals surface area contributed by atoms with Gasteiger partial charge < -0.3 is 33.2 Å². The quantitative estimate of drug-likeness (QED) is 0.0358. The van der Waals surface area contributed by atoms with E-state index in [0.29, 0.717) is 0 Å². The molecule has 0 saturated carbocycles. The molecule has 0 radical (unpaired) electrons. The van der Waals surface area contributed by atoms with E-state index >= 15 is 0 Å². The maximum atomic E-state index is 6.15. The monoisotopic (exact) mass is 699 g/mol. The number of hydrogen-bond donors (Lipinski definition) is 0. The Bertz CT molecular complexity index is 598. The fourth-order valence-corrected chi connectivity index (χ4v) is 5.48. The molecule has 2 atom stereocenters. The largest absolute Gasteiger partial charge is 0.353 e. The van der Waals surface area contributed by atoms with Gasteiger partial charge in [0.05, 0.1) is 0 Å². The van der Waals surface area contributed by atoms with Crippen molar-refractivity contribution in [3.8, 4) is 0 Å². The summed E-state index contributed by atoms with van der Waals surface area (Å²) in [6, 6.07) is 0. The van der Waals surface area contributed by atoms with Crippen molar-refractivity contribution >= 4 is 0 Å². The minimum absolute atomic E-state index is 0.169. The van der Waals surface area contributed by atoms with Crippen molar-refractivity contribution in [3.63, 3.8) is 0 Å². The summed E-state index contributed by atoms with van der Waals surface area (Å²) in [5, 5.41) is 0. The van der Waals surface area contributed by atoms with Crippen LogP contribution in [0, 0.1) is 0 Å². The molecule has 0 amide bonds. The molecule has 0 aliphatic carbocycles. The average Bonchev–Trinajstić information content (AvgIpc) is 3.12. The first-order valence-corrected chi connectivity index (χ1v) is 20.7. The van der Waals surface area contributed by atoms with E-state index in [1.54, 1.807) is 14.2 Å². The molecule has 0 aromatic carbocycles. The first-order chi connectivity index (χ1) is 24.1. The zero-order valence-corrected chi connectivity index (χ0v) is 33.3. The number of unbranched alkanes of at least 4 members (excludes halogenated alkanes) is 16. The van der Waals surface area contributed by atoms with E-state index < -0.39 is 12.6 Å². The zero-order valence-electron chi connectivity index (χ0n) is 33.3. The number of rotatable bonds is 40. The van der Waals surface area contributed by atoms with Gasteiger partial charge in [0, 0.05) is 53.5 Å². The lowest BCUT2D eigenvalue weighted by Crippen LogP contribution is -2.22. The van der Waals surface area contributed by atoms with Crippen molar-refractivity contribution in [2.75, 3.05) is 40.6 Å². The van der Waals surface area contributed by atoms with Gasteiger partial charge in [-0.2, -0.15) is 0 Å². The first-order valence-electron chi connectivity index (χ1n) is 20.7. The van der Waals surface area contributed by atoms with Gasteiger partial charge in [-0.1, -0.05) is 143 Å². The SMILES string of the molecule is CCCCCCCOC(CCC=CC(OC)OC(C=CCCC(OCCCCCCC)OCCCCCCC)OC)OCCCCCCC. The van der Waals surface area contributed by atoms with E-state index in [0.717, 1.165) is 77.8 Å². The predicted molar refractivity (Wildman–Crippen MR) is 206 cm³/mol. The number of allylic oxidation sites excluding steroid dienone is 2. The van der Waals surface area contributed by atoms with E-state index in [1.807, 2.05) is 12.2 Å². The van der Waals surface area contributed by atoms with Gasteiger partial charge >= 0.3 is 0 Å². The summed E-state index contributed by atoms with van der Waals surface area (Å²) >= 11 is 0. The van der Waals surface area contributed by atoms with Crippen LogP contribution in [0.3, 0.4) is 0 Å². The fraction of sp³-hybridized carbons (Fsp3) is 0.905. The minimum atomic E-state index is -0.508. The Labute approximate surface area is 304 Å². The molecule has 0 N–H and O–H groups in total. The summed E-state index contributed by atoms with van der Waals surface area (Å²) in [6.07, 6.45) is 34.6. The van der Waals surface area contributed by atoms with E-state index in [9.17, 15) is 0 Å². The maximum Gasteiger partial charge on any atom is 0.179 e. The highest BCUT2D eigenvalue weighted by Gasteiger charge is 2.13. The third-order valence-electron chi connectivity index (χ3n) is 8.66. The molecular formula is C42H82O7. The van der Waals surface area contributed by atoms with E-state index in [2.05, 4.69) is 39.8 Å². The van der Waals surface area contributed by atoms with Crippen molar-refractivity contribution in [2.45, 2.75) is 207 Å². The zero-order chi connectivity index (χ0) is 35.9. The second-order valence-electron chi connectivity index (χ2n) is 13.4. The average molecular weight is 699 g/mol. The van der Waals surface area contributed by atoms with Gasteiger partial charge in [-0.3, -0.25) is 0 Å². The lowest BCUT2D eigenvalue weighted by Gasteiger charge is -2.20. The van der Waals surface area contributed by atoms with Crippen molar-refractivity contribution in [1.82, 2.24) is 0 Å². The van der Waals surface area contributed by atoms with Gasteiger partial charge in [0.15, 0.2) is 25.2 Å². The van der Waals surface area contributed by atoms with Gasteiger partial charge in [-0.25, -0.2) is 0 Å². The highest BCUT2D eigenvalue weighted by molar-refractivity contribution is 4.89. The molecule has 7 heteroatoms. The van der Waals surface area contributed by atoms with Gasteiger partial charge in [-0.05, 0) is 50.7 Å². The van der Waals surface area contributed by atoms with Crippen LogP contribution in [0.25, 0.3) is 0 Å². The Hall–Kier alpha value is -0.800. The third kappa shape index (κ3) is 34.1. The van der Waals surface area contributed by atoms with Crippen molar-refractivity contribution in [3.05, 3.63) is 24.3 Å². The second kappa shape index (κ2) is 40.0. The molecule has 0 spiro atoms. The molecule has 0 aromatic rings. The highest BCUT2D eigenvalue weighted by atomic mass is 16.8. The Morgan fingerprint density at radius 1 is 0.388 bits per heavy atom. The molecule has 0 aromatic heterocycles. The van der Waals surface area contributed by atoms with Crippen LogP contribution in [-0.4, -0.2) is 65.8 Å². The lowest BCUT2D eigenvalue weighted by molar-refractivity contribution is -0.189. The van der Waals surface area contributed by atoms with E-state index in [1.165, 1.54) is 103 Å². The van der Waals surface area contributed by atoms with Gasteiger partial charge in [-0.15, -0.1) is 0 Å². The number of methoxy groups -OCH3 is 2. The molecule has 0 fully saturated rings. The summed E-state index contributed by atoms with van der Waals surface area (Å²) < 4.78 is 41.9. The summed E-state index contributed by atoms with van der Waals surface area (Å²) in [5.74, 6) is 0. The molecular weight excluding hydrogens is 616 g/mol. The molecule has 292 valence electrons. The third-order valence-corrected chi connectivity index (χ3v) is 8.66. The molecule has 0 aliphatic heterocycles. The van der Waals surface area contributed by atoms with E-state index in [-0.39, 0.29) is 12.6 Å². The Balaban J connectivity index is 4.73. The van der Waals surface area contributed by atoms with Crippen molar-refractivity contribution in [1.29, 1.82) is 0 Å². The predicted octanol–water partition coefficient (Wildman–Crippen LogP) is 12.2. The van der Waals surface area contributed by atoms with Crippen molar-refractivity contribution in [2.24, 2.45) is 0 Å². The smallest absolute Gasteiger partial charge is 0.179 e. The Morgan fingerprint density at radius 2 is 0.673 bits per heavy atom. The van der Waals surface area contributed by atoms with Gasteiger partial charge in [0.1, 0.15) is 0 Å². The normalized spacial score (nSPS) is 13.6. The van der Waals surface area contributed by atoms with Crippen LogP contribution in [0.15, 0.2) is 24.3 Å². The van der Waals surface area contributed by atoms with Gasteiger partial charge in [0.2, 0.25) is 0 Å². The van der Waals surface area contributed by atoms with Crippen LogP contribution in [-0.2, 0) is 33.2 Å². The minimum Gasteiger partial charge on any atom is -0.353 e. The highest BCUT2D eigenvalue weighted by Crippen LogP contribution is 2.14. The molecule has 7 nitrogen and oxygen atoms in total. The lowest BCUT2D eigenvalue weighted by atomic mass is 10.2. The summed E-state index contributed by atoms with van der Waals surface area (Å²) in [6.45, 7) is 12.0. The Kier molecular flexibility index (Phi) is 39.3. The fourth-order valence-electron chi connectivity index (χ4n) is 5.48. The summed E-state index contributed by atoms with van der Waals surface area (Å²) in [5.41, 5.74) is 0. The summed E-state index contributed by atoms with van der Waals surface area (Å²) in [7, 11) is 3.31. The molecule has 0 rings (SSSR count). The molecule has 0 bridgehead atoms. The van der Waals surface area contributed by atoms with Crippen LogP contribution in [0.5, 0.6) is 0 Å². The standard InChI is InChI=1S/C42H82O7/c1-7-11-15-19-27-35-45-41(46-36-28-20-16-12-8-2)33-25-23-31-39(43-5)49-40(44-6)32-24-26-34-42(47-37-29-21-17-13-9-3)48-38-30-22-18-14-10-4/h23-24,31-32,39-42H,7-22,25-30,33-38H2,1-6H3. The molecule has 0 saturated heterocycles. The van der Waals surface area contributed by atoms with Crippen LogP contribution in [0.2, 0.25) is 0 Å². The van der Waals surface area contributed by atoms with Crippen LogP contribution < -0.4 is 0 Å². The van der Waals surface area contributed by atoms with Gasteiger partial charge in [0.25, 0.3) is 0 Å². The second-order valence-corrected chi connectivity index (χ2v) is 13.4. The van der Waals surface area contributed by atoms with Crippen LogP contribution >= 0.6 is 0 Å². The molecule has 0 aliphatic rings. The number of hydrogen-bond acceptors (Lipinski definition) is 7. The molecule has 49 heavy (non-hydrogen) atoms. The van der Waals surface area contributed by atoms with E-state index in [4.69, 9.17) is 33.2 Å². The van der Waals surface area contributed by atoms with Crippen LogP contribution in [0.4, 0.5) is 0 Å². The molecule has 0 heterocycles. The summed E-state index contributed by atoms with van der Waals surface area (Å²) in [4.78, 5) is 0. The topological polar surface area (TPSA) is 64.6 Å². The molecule has 2 unspecified atom stereocenters. The van der Waals surface area contributed by atoms with Crippen molar-refractivity contribution < 1.29 is 33.2 Å². The first kappa shape index (κ1) is 48.2. The number of ether oxygens (including phenoxy) is 7.